The minimum atomic E-state index is 0.141. The second-order valence-electron chi connectivity index (χ2n) is 5.44. The van der Waals surface area contributed by atoms with E-state index < -0.39 is 0 Å². The second kappa shape index (κ2) is 4.85. The molecule has 3 nitrogen and oxygen atoms in total. The number of benzene rings is 1. The molecule has 19 heavy (non-hydrogen) atoms. The Morgan fingerprint density at radius 2 is 2.26 bits per heavy atom. The van der Waals surface area contributed by atoms with Crippen molar-refractivity contribution in [3.8, 4) is 11.3 Å². The van der Waals surface area contributed by atoms with Crippen molar-refractivity contribution >= 4 is 17.0 Å². The van der Waals surface area contributed by atoms with Crippen LogP contribution < -0.4 is 10.2 Å². The molecule has 100 valence electrons. The largest absolute Gasteiger partial charge is 0.384 e. The lowest BCUT2D eigenvalue weighted by Gasteiger charge is -2.11. The van der Waals surface area contributed by atoms with Gasteiger partial charge in [-0.15, -0.1) is 0 Å². The number of fused-ring (bicyclic) bond motifs is 1. The summed E-state index contributed by atoms with van der Waals surface area (Å²) in [6, 6.07) is 6.45. The van der Waals surface area contributed by atoms with Crippen LogP contribution in [0.3, 0.4) is 0 Å². The van der Waals surface area contributed by atoms with Crippen molar-refractivity contribution in [2.45, 2.75) is 26.8 Å². The molecule has 0 saturated heterocycles. The van der Waals surface area contributed by atoms with Gasteiger partial charge in [0.1, 0.15) is 0 Å². The quantitative estimate of drug-likeness (QED) is 0.932. The molecule has 0 bridgehead atoms. The van der Waals surface area contributed by atoms with E-state index in [1.165, 1.54) is 22.6 Å². The van der Waals surface area contributed by atoms with Gasteiger partial charge in [-0.1, -0.05) is 31.3 Å². The van der Waals surface area contributed by atoms with Gasteiger partial charge in [-0.3, -0.25) is 9.36 Å². The highest BCUT2D eigenvalue weighted by Crippen LogP contribution is 2.29. The van der Waals surface area contributed by atoms with E-state index >= 15 is 0 Å². The first kappa shape index (κ1) is 12.5. The number of aromatic nitrogens is 1. The summed E-state index contributed by atoms with van der Waals surface area (Å²) in [5.41, 5.74) is 4.80. The van der Waals surface area contributed by atoms with Crippen LogP contribution in [0, 0.1) is 5.92 Å². The van der Waals surface area contributed by atoms with Gasteiger partial charge in [0.15, 0.2) is 0 Å². The molecular formula is C15H18N2OS. The monoisotopic (exact) mass is 274 g/mol. The molecule has 0 radical (unpaired) electrons. The highest BCUT2D eigenvalue weighted by Gasteiger charge is 2.14. The van der Waals surface area contributed by atoms with Crippen LogP contribution in [0.4, 0.5) is 5.69 Å². The van der Waals surface area contributed by atoms with E-state index in [4.69, 9.17) is 0 Å². The van der Waals surface area contributed by atoms with Gasteiger partial charge >= 0.3 is 4.87 Å². The van der Waals surface area contributed by atoms with Crippen molar-refractivity contribution in [2.24, 2.45) is 5.92 Å². The highest BCUT2D eigenvalue weighted by atomic mass is 32.1. The fraction of sp³-hybridized carbons (Fsp3) is 0.400. The molecule has 0 fully saturated rings. The van der Waals surface area contributed by atoms with Crippen LogP contribution in [0.15, 0.2) is 28.4 Å². The molecular weight excluding hydrogens is 256 g/mol. The molecule has 1 N–H and O–H groups in total. The standard InChI is InChI=1S/C15H18N2OS/c1-10(2)8-17-14(9-19-15(17)18)12-3-4-13-11(7-12)5-6-16-13/h3-4,7,9-10,16H,5-6,8H2,1-2H3. The van der Waals surface area contributed by atoms with Gasteiger partial charge < -0.3 is 5.32 Å². The summed E-state index contributed by atoms with van der Waals surface area (Å²) in [5.74, 6) is 0.474. The molecule has 1 aromatic carbocycles. The predicted molar refractivity (Wildman–Crippen MR) is 81.0 cm³/mol. The molecule has 0 spiro atoms. The summed E-state index contributed by atoms with van der Waals surface area (Å²) in [7, 11) is 0. The first-order valence-electron chi connectivity index (χ1n) is 6.70. The number of thiazole rings is 1. The molecule has 1 aliphatic heterocycles. The van der Waals surface area contributed by atoms with E-state index in [9.17, 15) is 4.79 Å². The topological polar surface area (TPSA) is 34.0 Å². The van der Waals surface area contributed by atoms with E-state index in [1.54, 1.807) is 0 Å². The number of anilines is 1. The second-order valence-corrected chi connectivity index (χ2v) is 6.26. The summed E-state index contributed by atoms with van der Waals surface area (Å²) >= 11 is 1.29. The van der Waals surface area contributed by atoms with E-state index in [0.29, 0.717) is 5.92 Å². The van der Waals surface area contributed by atoms with Gasteiger partial charge in [0.2, 0.25) is 0 Å². The zero-order valence-electron chi connectivity index (χ0n) is 11.3. The minimum Gasteiger partial charge on any atom is -0.384 e. The first-order valence-corrected chi connectivity index (χ1v) is 7.58. The average molecular weight is 274 g/mol. The van der Waals surface area contributed by atoms with Crippen LogP contribution in [0.25, 0.3) is 11.3 Å². The Balaban J connectivity index is 2.05. The van der Waals surface area contributed by atoms with E-state index in [1.807, 2.05) is 9.95 Å². The number of hydrogen-bond acceptors (Lipinski definition) is 3. The molecule has 1 aromatic heterocycles. The Bertz CT molecular complexity index is 654. The van der Waals surface area contributed by atoms with Crippen LogP contribution in [0.5, 0.6) is 0 Å². The SMILES string of the molecule is CC(C)Cn1c(-c2ccc3c(c2)CCN3)csc1=O. The van der Waals surface area contributed by atoms with Crippen molar-refractivity contribution in [1.29, 1.82) is 0 Å². The normalized spacial score (nSPS) is 13.6. The lowest BCUT2D eigenvalue weighted by Crippen LogP contribution is -2.17. The van der Waals surface area contributed by atoms with Crippen molar-refractivity contribution in [2.75, 3.05) is 11.9 Å². The summed E-state index contributed by atoms with van der Waals surface area (Å²) in [4.78, 5) is 12.1. The summed E-state index contributed by atoms with van der Waals surface area (Å²) in [6.07, 6.45) is 1.07. The third-order valence-corrected chi connectivity index (χ3v) is 4.20. The van der Waals surface area contributed by atoms with Crippen LogP contribution in [0.1, 0.15) is 19.4 Å². The predicted octanol–water partition coefficient (Wildman–Crippen LogP) is 3.20. The third-order valence-electron chi connectivity index (χ3n) is 3.44. The lowest BCUT2D eigenvalue weighted by atomic mass is 10.1. The Labute approximate surface area is 116 Å². The third kappa shape index (κ3) is 2.32. The number of hydrogen-bond donors (Lipinski definition) is 1. The molecule has 0 atom stereocenters. The van der Waals surface area contributed by atoms with Crippen molar-refractivity contribution in [3.05, 3.63) is 38.8 Å². The Kier molecular flexibility index (Phi) is 3.19. The Hall–Kier alpha value is -1.55. The number of rotatable bonds is 3. The molecule has 2 aromatic rings. The molecule has 1 aliphatic rings. The van der Waals surface area contributed by atoms with E-state index in [2.05, 4.69) is 37.4 Å². The van der Waals surface area contributed by atoms with Gasteiger partial charge in [-0.25, -0.2) is 0 Å². The Morgan fingerprint density at radius 3 is 3.05 bits per heavy atom. The molecule has 2 heterocycles. The number of nitrogens with one attached hydrogen (secondary N) is 1. The van der Waals surface area contributed by atoms with Gasteiger partial charge in [0, 0.05) is 24.2 Å². The van der Waals surface area contributed by atoms with Gasteiger partial charge in [-0.05, 0) is 35.6 Å². The summed E-state index contributed by atoms with van der Waals surface area (Å²) in [5, 5.41) is 5.35. The summed E-state index contributed by atoms with van der Waals surface area (Å²) < 4.78 is 1.90. The first-order chi connectivity index (χ1) is 9.15. The zero-order chi connectivity index (χ0) is 13.4. The molecule has 3 rings (SSSR count). The molecule has 0 unspecified atom stereocenters. The van der Waals surface area contributed by atoms with Crippen molar-refractivity contribution in [3.63, 3.8) is 0 Å². The minimum absolute atomic E-state index is 0.141. The average Bonchev–Trinajstić information content (AvgIpc) is 2.96. The van der Waals surface area contributed by atoms with E-state index in [-0.39, 0.29) is 4.87 Å². The molecule has 0 amide bonds. The smallest absolute Gasteiger partial charge is 0.307 e. The fourth-order valence-electron chi connectivity index (χ4n) is 2.56. The van der Waals surface area contributed by atoms with Gasteiger partial charge in [0.05, 0.1) is 5.69 Å². The lowest BCUT2D eigenvalue weighted by molar-refractivity contribution is 0.521. The molecule has 0 saturated carbocycles. The van der Waals surface area contributed by atoms with Crippen LogP contribution in [-0.4, -0.2) is 11.1 Å². The number of nitrogens with zero attached hydrogens (tertiary/aromatic N) is 1. The zero-order valence-corrected chi connectivity index (χ0v) is 12.1. The Morgan fingerprint density at radius 1 is 1.42 bits per heavy atom. The van der Waals surface area contributed by atoms with Gasteiger partial charge in [0.25, 0.3) is 0 Å². The van der Waals surface area contributed by atoms with Crippen LogP contribution in [-0.2, 0) is 13.0 Å². The maximum atomic E-state index is 12.0. The van der Waals surface area contributed by atoms with Crippen molar-refractivity contribution < 1.29 is 0 Å². The fourth-order valence-corrected chi connectivity index (χ4v) is 3.33. The maximum Gasteiger partial charge on any atom is 0.307 e. The van der Waals surface area contributed by atoms with E-state index in [0.717, 1.165) is 30.8 Å². The molecule has 4 heteroatoms. The van der Waals surface area contributed by atoms with Crippen LogP contribution in [0.2, 0.25) is 0 Å². The molecule has 0 aliphatic carbocycles. The van der Waals surface area contributed by atoms with Gasteiger partial charge in [-0.2, -0.15) is 0 Å². The summed E-state index contributed by atoms with van der Waals surface area (Å²) in [6.45, 7) is 6.08. The van der Waals surface area contributed by atoms with Crippen LogP contribution >= 0.6 is 11.3 Å². The van der Waals surface area contributed by atoms with Crippen molar-refractivity contribution in [1.82, 2.24) is 4.57 Å². The highest BCUT2D eigenvalue weighted by molar-refractivity contribution is 7.07. The maximum absolute atomic E-state index is 12.0.